The van der Waals surface area contributed by atoms with Crippen LogP contribution in [-0.4, -0.2) is 102 Å². The van der Waals surface area contributed by atoms with E-state index in [1.54, 1.807) is 21.9 Å². The predicted molar refractivity (Wildman–Crippen MR) is 160 cm³/mol. The summed E-state index contributed by atoms with van der Waals surface area (Å²) in [6.07, 6.45) is 4.67. The molecule has 0 spiro atoms. The van der Waals surface area contributed by atoms with Gasteiger partial charge in [-0.3, -0.25) is 24.0 Å². The SMILES string of the molecule is CC(=O)NC1(C(=O)N2CC(=O)C3C2CCN3C(=O)C(CC(C)C)NC(=O)c2ccc(N3CCOCC3)cc2)CCCCC1. The molecule has 4 amide bonds. The van der Waals surface area contributed by atoms with Crippen molar-refractivity contribution in [2.45, 2.75) is 89.4 Å². The van der Waals surface area contributed by atoms with E-state index in [2.05, 4.69) is 15.5 Å². The Labute approximate surface area is 253 Å². The van der Waals surface area contributed by atoms with Crippen molar-refractivity contribution < 1.29 is 28.7 Å². The monoisotopic (exact) mass is 595 g/mol. The zero-order valence-electron chi connectivity index (χ0n) is 25.6. The highest BCUT2D eigenvalue weighted by molar-refractivity contribution is 6.02. The minimum Gasteiger partial charge on any atom is -0.378 e. The maximum atomic E-state index is 14.0. The summed E-state index contributed by atoms with van der Waals surface area (Å²) < 4.78 is 5.42. The Morgan fingerprint density at radius 1 is 0.977 bits per heavy atom. The lowest BCUT2D eigenvalue weighted by molar-refractivity contribution is -0.144. The van der Waals surface area contributed by atoms with Gasteiger partial charge < -0.3 is 30.1 Å². The molecule has 1 aliphatic carbocycles. The molecule has 1 saturated carbocycles. The molecule has 3 atom stereocenters. The van der Waals surface area contributed by atoms with Gasteiger partial charge in [-0.1, -0.05) is 33.1 Å². The molecule has 3 saturated heterocycles. The Kier molecular flexibility index (Phi) is 9.39. The topological polar surface area (TPSA) is 128 Å². The van der Waals surface area contributed by atoms with Crippen LogP contribution in [-0.2, 0) is 23.9 Å². The summed E-state index contributed by atoms with van der Waals surface area (Å²) in [5.74, 6) is -1.17. The van der Waals surface area contributed by atoms with Crippen LogP contribution in [0.25, 0.3) is 0 Å². The summed E-state index contributed by atoms with van der Waals surface area (Å²) in [4.78, 5) is 72.0. The highest BCUT2D eigenvalue weighted by atomic mass is 16.5. The number of nitrogens with zero attached hydrogens (tertiary/aromatic N) is 3. The fraction of sp³-hybridized carbons (Fsp3) is 0.656. The van der Waals surface area contributed by atoms with Gasteiger partial charge >= 0.3 is 0 Å². The molecule has 4 aliphatic rings. The second kappa shape index (κ2) is 13.0. The molecule has 2 N–H and O–H groups in total. The van der Waals surface area contributed by atoms with E-state index in [1.165, 1.54) is 6.92 Å². The number of hydrogen-bond acceptors (Lipinski definition) is 7. The Bertz CT molecular complexity index is 1220. The number of nitrogens with one attached hydrogen (secondary N) is 2. The summed E-state index contributed by atoms with van der Waals surface area (Å²) in [6, 6.07) is 5.38. The van der Waals surface area contributed by atoms with E-state index >= 15 is 0 Å². The first-order chi connectivity index (χ1) is 20.6. The summed E-state index contributed by atoms with van der Waals surface area (Å²) in [7, 11) is 0. The highest BCUT2D eigenvalue weighted by Crippen LogP contribution is 2.36. The third-order valence-electron chi connectivity index (χ3n) is 9.31. The lowest BCUT2D eigenvalue weighted by Crippen LogP contribution is -2.61. The van der Waals surface area contributed by atoms with Gasteiger partial charge in [0.15, 0.2) is 5.78 Å². The van der Waals surface area contributed by atoms with Gasteiger partial charge in [-0.25, -0.2) is 0 Å². The Morgan fingerprint density at radius 2 is 1.65 bits per heavy atom. The van der Waals surface area contributed by atoms with Crippen LogP contribution in [0, 0.1) is 5.92 Å². The van der Waals surface area contributed by atoms with Gasteiger partial charge in [-0.2, -0.15) is 0 Å². The van der Waals surface area contributed by atoms with Gasteiger partial charge in [0, 0.05) is 37.8 Å². The number of carbonyl (C=O) groups excluding carboxylic acids is 5. The fourth-order valence-corrected chi connectivity index (χ4v) is 7.28. The summed E-state index contributed by atoms with van der Waals surface area (Å²) in [5, 5.41) is 5.87. The Morgan fingerprint density at radius 3 is 2.28 bits per heavy atom. The van der Waals surface area contributed by atoms with Crippen molar-refractivity contribution in [2.24, 2.45) is 5.92 Å². The molecule has 3 aliphatic heterocycles. The number of carbonyl (C=O) groups is 5. The lowest BCUT2D eigenvalue weighted by atomic mass is 9.80. The molecule has 1 aromatic carbocycles. The van der Waals surface area contributed by atoms with E-state index in [0.717, 1.165) is 38.0 Å². The normalized spacial score (nSPS) is 24.1. The summed E-state index contributed by atoms with van der Waals surface area (Å²) in [5.41, 5.74) is 0.481. The first-order valence-corrected chi connectivity index (χ1v) is 15.8. The van der Waals surface area contributed by atoms with Gasteiger partial charge in [0.25, 0.3) is 5.91 Å². The zero-order valence-corrected chi connectivity index (χ0v) is 25.6. The van der Waals surface area contributed by atoms with Crippen molar-refractivity contribution >= 4 is 35.1 Å². The molecule has 1 aromatic rings. The second-order valence-corrected chi connectivity index (χ2v) is 12.9. The minimum atomic E-state index is -0.998. The molecule has 4 fully saturated rings. The first kappa shape index (κ1) is 31.0. The summed E-state index contributed by atoms with van der Waals surface area (Å²) in [6.45, 7) is 8.58. The molecule has 0 bridgehead atoms. The number of amides is 4. The molecule has 0 aromatic heterocycles. The number of Topliss-reactive ketones (excluding diaryl/α,β-unsaturated/α-hetero) is 1. The number of morpholine rings is 1. The number of rotatable bonds is 8. The van der Waals surface area contributed by atoms with Crippen LogP contribution in [0.3, 0.4) is 0 Å². The van der Waals surface area contributed by atoms with Gasteiger partial charge in [0.2, 0.25) is 17.7 Å². The molecule has 43 heavy (non-hydrogen) atoms. The molecule has 3 unspecified atom stereocenters. The number of fused-ring (bicyclic) bond motifs is 1. The number of anilines is 1. The zero-order chi connectivity index (χ0) is 30.7. The van der Waals surface area contributed by atoms with Crippen LogP contribution in [0.2, 0.25) is 0 Å². The Hall–Kier alpha value is -3.47. The largest absolute Gasteiger partial charge is 0.378 e. The highest BCUT2D eigenvalue weighted by Gasteiger charge is 2.55. The average molecular weight is 596 g/mol. The van der Waals surface area contributed by atoms with E-state index in [9.17, 15) is 24.0 Å². The van der Waals surface area contributed by atoms with Gasteiger partial charge in [-0.15, -0.1) is 0 Å². The van der Waals surface area contributed by atoms with Crippen molar-refractivity contribution in [1.82, 2.24) is 20.4 Å². The summed E-state index contributed by atoms with van der Waals surface area (Å²) >= 11 is 0. The van der Waals surface area contributed by atoms with Crippen molar-refractivity contribution in [3.05, 3.63) is 29.8 Å². The van der Waals surface area contributed by atoms with Gasteiger partial charge in [0.05, 0.1) is 25.8 Å². The van der Waals surface area contributed by atoms with Crippen LogP contribution in [0.1, 0.15) is 76.1 Å². The smallest absolute Gasteiger partial charge is 0.251 e. The van der Waals surface area contributed by atoms with Gasteiger partial charge in [0.1, 0.15) is 17.6 Å². The van der Waals surface area contributed by atoms with E-state index < -0.39 is 23.7 Å². The van der Waals surface area contributed by atoms with E-state index in [1.807, 2.05) is 26.0 Å². The molecule has 11 nitrogen and oxygen atoms in total. The van der Waals surface area contributed by atoms with Crippen molar-refractivity contribution in [3.63, 3.8) is 0 Å². The fourth-order valence-electron chi connectivity index (χ4n) is 7.28. The van der Waals surface area contributed by atoms with Gasteiger partial charge in [-0.05, 0) is 55.9 Å². The molecule has 3 heterocycles. The second-order valence-electron chi connectivity index (χ2n) is 12.9. The lowest BCUT2D eigenvalue weighted by Gasteiger charge is -2.40. The van der Waals surface area contributed by atoms with Crippen LogP contribution < -0.4 is 15.5 Å². The van der Waals surface area contributed by atoms with Crippen LogP contribution in [0.5, 0.6) is 0 Å². The molecular weight excluding hydrogens is 550 g/mol. The average Bonchev–Trinajstić information content (AvgIpc) is 3.57. The maximum absolute atomic E-state index is 14.0. The van der Waals surface area contributed by atoms with Crippen LogP contribution >= 0.6 is 0 Å². The molecule has 234 valence electrons. The molecule has 0 radical (unpaired) electrons. The number of ether oxygens (including phenoxy) is 1. The maximum Gasteiger partial charge on any atom is 0.251 e. The molecule has 5 rings (SSSR count). The third-order valence-corrected chi connectivity index (χ3v) is 9.31. The van der Waals surface area contributed by atoms with Crippen LogP contribution in [0.4, 0.5) is 5.69 Å². The molecule has 11 heteroatoms. The van der Waals surface area contributed by atoms with E-state index in [4.69, 9.17) is 4.74 Å². The molecular formula is C32H45N5O6. The predicted octanol–water partition coefficient (Wildman–Crippen LogP) is 1.89. The number of benzene rings is 1. The third kappa shape index (κ3) is 6.56. The standard InChI is InChI=1S/C32H45N5O6/c1-21(2)19-25(33-29(40)23-7-9-24(10-8-23)35-15-17-43-18-16-35)30(41)36-14-11-26-28(36)27(39)20-37(26)31(42)32(34-22(3)38)12-5-4-6-13-32/h7-10,21,25-26,28H,4-6,11-20H2,1-3H3,(H,33,40)(H,34,38). The number of hydrogen-bond donors (Lipinski definition) is 2. The van der Waals surface area contributed by atoms with E-state index in [-0.39, 0.29) is 41.9 Å². The minimum absolute atomic E-state index is 0.0734. The van der Waals surface area contributed by atoms with Crippen molar-refractivity contribution in [3.8, 4) is 0 Å². The van der Waals surface area contributed by atoms with Crippen LogP contribution in [0.15, 0.2) is 24.3 Å². The van der Waals surface area contributed by atoms with E-state index in [0.29, 0.717) is 51.0 Å². The number of ketones is 1. The quantitative estimate of drug-likeness (QED) is 0.470. The number of likely N-dealkylation sites (tertiary alicyclic amines) is 2. The van der Waals surface area contributed by atoms with Crippen molar-refractivity contribution in [2.75, 3.05) is 44.3 Å². The van der Waals surface area contributed by atoms with Crippen molar-refractivity contribution in [1.29, 1.82) is 0 Å². The Balaban J connectivity index is 1.29. The first-order valence-electron chi connectivity index (χ1n) is 15.8.